The topological polar surface area (TPSA) is 95.5 Å². The molecule has 0 radical (unpaired) electrons. The van der Waals surface area contributed by atoms with Gasteiger partial charge in [-0.25, -0.2) is 22.8 Å². The Bertz CT molecular complexity index is 1190. The van der Waals surface area contributed by atoms with Gasteiger partial charge < -0.3 is 9.80 Å². The molecule has 0 spiro atoms. The van der Waals surface area contributed by atoms with Gasteiger partial charge in [0.1, 0.15) is 16.8 Å². The Morgan fingerprint density at radius 2 is 1.58 bits per heavy atom. The molecule has 8 nitrogen and oxygen atoms in total. The second-order valence-corrected chi connectivity index (χ2v) is 9.34. The van der Waals surface area contributed by atoms with Gasteiger partial charge in [-0.1, -0.05) is 42.5 Å². The predicted molar refractivity (Wildman–Crippen MR) is 121 cm³/mol. The van der Waals surface area contributed by atoms with E-state index in [1.807, 2.05) is 35.2 Å². The summed E-state index contributed by atoms with van der Waals surface area (Å²) < 4.78 is 42.5. The van der Waals surface area contributed by atoms with Gasteiger partial charge in [0.2, 0.25) is 21.9 Å². The van der Waals surface area contributed by atoms with E-state index in [4.69, 9.17) is 0 Å². The van der Waals surface area contributed by atoms with Crippen LogP contribution in [0.2, 0.25) is 0 Å². The Labute approximate surface area is 192 Å². The maximum absolute atomic E-state index is 14.2. The molecule has 1 N–H and O–H groups in total. The quantitative estimate of drug-likeness (QED) is 0.568. The minimum absolute atomic E-state index is 0.148. The van der Waals surface area contributed by atoms with Gasteiger partial charge in [-0.2, -0.15) is 4.72 Å². The average Bonchev–Trinajstić information content (AvgIpc) is 2.84. The molecule has 10 heteroatoms. The van der Waals surface area contributed by atoms with Crippen LogP contribution in [0.15, 0.2) is 78.0 Å². The van der Waals surface area contributed by atoms with Crippen LogP contribution in [0.4, 0.5) is 10.3 Å². The molecule has 1 aromatic heterocycles. The molecule has 3 aromatic rings. The van der Waals surface area contributed by atoms with Gasteiger partial charge in [0, 0.05) is 38.6 Å². The number of hydrogen-bond acceptors (Lipinski definition) is 6. The molecule has 1 fully saturated rings. The fourth-order valence-electron chi connectivity index (χ4n) is 3.74. The fraction of sp³-hybridized carbons (Fsp3) is 0.261. The van der Waals surface area contributed by atoms with Crippen LogP contribution in [0.3, 0.4) is 0 Å². The first-order chi connectivity index (χ1) is 15.9. The van der Waals surface area contributed by atoms with E-state index in [1.54, 1.807) is 23.4 Å². The number of carbonyl (C=O) groups is 1. The van der Waals surface area contributed by atoms with Gasteiger partial charge in [0.15, 0.2) is 0 Å². The van der Waals surface area contributed by atoms with Gasteiger partial charge in [0.05, 0.1) is 0 Å². The number of carbonyl (C=O) groups excluding carboxylic acids is 1. The smallest absolute Gasteiger partial charge is 0.244 e. The molecule has 0 aliphatic carbocycles. The number of amides is 1. The van der Waals surface area contributed by atoms with Crippen molar-refractivity contribution in [1.82, 2.24) is 19.6 Å². The molecule has 4 rings (SSSR count). The first-order valence-electron chi connectivity index (χ1n) is 10.6. The van der Waals surface area contributed by atoms with Crippen LogP contribution in [0.5, 0.6) is 0 Å². The van der Waals surface area contributed by atoms with Crippen LogP contribution in [0, 0.1) is 5.82 Å². The molecule has 1 aliphatic rings. The average molecular weight is 470 g/mol. The summed E-state index contributed by atoms with van der Waals surface area (Å²) >= 11 is 0. The molecule has 172 valence electrons. The SMILES string of the molecule is O=C([C@@H](Cc1ccccc1)NS(=O)(=O)c1ccccc1F)N1CCN(c2ncccn2)CC1. The van der Waals surface area contributed by atoms with Gasteiger partial charge in [-0.15, -0.1) is 0 Å². The highest BCUT2D eigenvalue weighted by atomic mass is 32.2. The molecule has 0 saturated carbocycles. The zero-order valence-electron chi connectivity index (χ0n) is 17.8. The van der Waals surface area contributed by atoms with Crippen molar-refractivity contribution in [2.45, 2.75) is 17.4 Å². The van der Waals surface area contributed by atoms with Gasteiger partial charge in [-0.3, -0.25) is 4.79 Å². The number of halogens is 1. The molecule has 2 aromatic carbocycles. The summed E-state index contributed by atoms with van der Waals surface area (Å²) in [7, 11) is -4.25. The van der Waals surface area contributed by atoms with Crippen LogP contribution in [0.25, 0.3) is 0 Å². The van der Waals surface area contributed by atoms with E-state index >= 15 is 0 Å². The minimum Gasteiger partial charge on any atom is -0.338 e. The molecular formula is C23H24FN5O3S. The van der Waals surface area contributed by atoms with E-state index in [0.717, 1.165) is 11.6 Å². The van der Waals surface area contributed by atoms with Crippen LogP contribution in [0.1, 0.15) is 5.56 Å². The molecule has 1 amide bonds. The van der Waals surface area contributed by atoms with Crippen molar-refractivity contribution in [2.24, 2.45) is 0 Å². The summed E-state index contributed by atoms with van der Waals surface area (Å²) in [6.07, 6.45) is 3.47. The lowest BCUT2D eigenvalue weighted by Crippen LogP contribution is -2.55. The third kappa shape index (κ3) is 5.52. The number of nitrogens with zero attached hydrogens (tertiary/aromatic N) is 4. The largest absolute Gasteiger partial charge is 0.338 e. The Kier molecular flexibility index (Phi) is 6.95. The summed E-state index contributed by atoms with van der Waals surface area (Å²) in [5, 5.41) is 0. The van der Waals surface area contributed by atoms with E-state index in [9.17, 15) is 17.6 Å². The van der Waals surface area contributed by atoms with E-state index in [1.165, 1.54) is 18.2 Å². The number of nitrogens with one attached hydrogen (secondary N) is 1. The van der Waals surface area contributed by atoms with Crippen molar-refractivity contribution < 1.29 is 17.6 Å². The normalized spacial score (nSPS) is 15.3. The number of rotatable bonds is 7. The maximum atomic E-state index is 14.2. The third-order valence-corrected chi connectivity index (χ3v) is 6.94. The predicted octanol–water partition coefficient (Wildman–Crippen LogP) is 1.85. The number of piperazine rings is 1. The highest BCUT2D eigenvalue weighted by Crippen LogP contribution is 2.17. The standard InChI is InChI=1S/C23H24FN5O3S/c24-19-9-4-5-10-21(19)33(31,32)27-20(17-18-7-2-1-3-8-18)22(30)28-13-15-29(16-14-28)23-25-11-6-12-26-23/h1-12,20,27H,13-17H2/t20-/m1/s1. The van der Waals surface area contributed by atoms with Gasteiger partial charge in [0.25, 0.3) is 0 Å². The second-order valence-electron chi connectivity index (χ2n) is 7.66. The molecule has 2 heterocycles. The van der Waals surface area contributed by atoms with Crippen molar-refractivity contribution >= 4 is 21.9 Å². The summed E-state index contributed by atoms with van der Waals surface area (Å²) in [5.74, 6) is -0.634. The molecule has 1 atom stereocenters. The van der Waals surface area contributed by atoms with Crippen LogP contribution in [-0.4, -0.2) is 61.4 Å². The minimum atomic E-state index is -4.25. The number of sulfonamides is 1. The van der Waals surface area contributed by atoms with Crippen LogP contribution >= 0.6 is 0 Å². The number of anilines is 1. The van der Waals surface area contributed by atoms with Crippen molar-refractivity contribution in [3.05, 3.63) is 84.4 Å². The zero-order chi connectivity index (χ0) is 23.3. The Balaban J connectivity index is 1.52. The maximum Gasteiger partial charge on any atom is 0.244 e. The molecule has 0 bridgehead atoms. The van der Waals surface area contributed by atoms with Crippen molar-refractivity contribution in [3.8, 4) is 0 Å². The number of aromatic nitrogens is 2. The lowest BCUT2D eigenvalue weighted by atomic mass is 10.1. The van der Waals surface area contributed by atoms with Crippen molar-refractivity contribution in [2.75, 3.05) is 31.1 Å². The summed E-state index contributed by atoms with van der Waals surface area (Å²) in [6.45, 7) is 1.83. The highest BCUT2D eigenvalue weighted by molar-refractivity contribution is 7.89. The molecule has 1 saturated heterocycles. The monoisotopic (exact) mass is 469 g/mol. The number of benzene rings is 2. The van der Waals surface area contributed by atoms with E-state index in [0.29, 0.717) is 32.1 Å². The third-order valence-electron chi connectivity index (χ3n) is 5.43. The summed E-state index contributed by atoms with van der Waals surface area (Å²) in [6, 6.07) is 14.9. The van der Waals surface area contributed by atoms with E-state index in [-0.39, 0.29) is 12.3 Å². The van der Waals surface area contributed by atoms with Crippen molar-refractivity contribution in [3.63, 3.8) is 0 Å². The Morgan fingerprint density at radius 1 is 0.939 bits per heavy atom. The lowest BCUT2D eigenvalue weighted by Gasteiger charge is -2.36. The highest BCUT2D eigenvalue weighted by Gasteiger charge is 2.32. The second kappa shape index (κ2) is 10.1. The fourth-order valence-corrected chi connectivity index (χ4v) is 5.01. The van der Waals surface area contributed by atoms with Crippen molar-refractivity contribution in [1.29, 1.82) is 0 Å². The Hall–Kier alpha value is -3.37. The molecule has 33 heavy (non-hydrogen) atoms. The molecule has 1 aliphatic heterocycles. The molecule has 0 unspecified atom stereocenters. The first kappa shape index (κ1) is 22.8. The van der Waals surface area contributed by atoms with Gasteiger partial charge >= 0.3 is 0 Å². The van der Waals surface area contributed by atoms with E-state index < -0.39 is 26.8 Å². The van der Waals surface area contributed by atoms with E-state index in [2.05, 4.69) is 14.7 Å². The Morgan fingerprint density at radius 3 is 2.24 bits per heavy atom. The van der Waals surface area contributed by atoms with Crippen LogP contribution < -0.4 is 9.62 Å². The van der Waals surface area contributed by atoms with Gasteiger partial charge in [-0.05, 0) is 30.2 Å². The van der Waals surface area contributed by atoms with Crippen LogP contribution in [-0.2, 0) is 21.2 Å². The first-order valence-corrected chi connectivity index (χ1v) is 12.0. The summed E-state index contributed by atoms with van der Waals surface area (Å²) in [5.41, 5.74) is 0.795. The summed E-state index contributed by atoms with van der Waals surface area (Å²) in [4.78, 5) is 25.0. The molecular weight excluding hydrogens is 445 g/mol. The zero-order valence-corrected chi connectivity index (χ0v) is 18.7. The number of hydrogen-bond donors (Lipinski definition) is 1. The lowest BCUT2D eigenvalue weighted by molar-refractivity contribution is -0.133.